The van der Waals surface area contributed by atoms with Gasteiger partial charge in [-0.05, 0) is 25.0 Å². The Hall–Kier alpha value is -2.39. The van der Waals surface area contributed by atoms with Crippen LogP contribution in [0, 0.1) is 0 Å². The van der Waals surface area contributed by atoms with E-state index in [-0.39, 0.29) is 18.0 Å². The molecule has 2 aromatic rings. The molecular weight excluding hydrogens is 310 g/mol. The van der Waals surface area contributed by atoms with E-state index in [1.165, 1.54) is 0 Å². The monoisotopic (exact) mass is 333 g/mol. The van der Waals surface area contributed by atoms with Gasteiger partial charge in [0.1, 0.15) is 0 Å². The molecule has 130 valence electrons. The van der Waals surface area contributed by atoms with Gasteiger partial charge < -0.3 is 9.32 Å². The number of rotatable bonds is 6. The summed E-state index contributed by atoms with van der Waals surface area (Å²) in [5, 5.41) is 9.39. The Morgan fingerprint density at radius 2 is 2.29 bits per heavy atom. The van der Waals surface area contributed by atoms with Gasteiger partial charge in [-0.25, -0.2) is 4.79 Å². The van der Waals surface area contributed by atoms with Gasteiger partial charge in [0.05, 0.1) is 6.26 Å². The summed E-state index contributed by atoms with van der Waals surface area (Å²) in [5.41, 5.74) is 6.51. The standard InChI is InChI=1S/C15H23N7O2/c1-3-5-10-8-11(19-18-10)9-22(2)15(23)17-14-16-13(20-21-14)12-6-4-7-24-12/h4,6-7,10-11,18-19H,3,5,8-9H2,1-2H3,(H2,16,17,20,21,23). The largest absolute Gasteiger partial charge is 0.461 e. The molecule has 1 aliphatic heterocycles. The maximum absolute atomic E-state index is 12.3. The number of amides is 2. The van der Waals surface area contributed by atoms with Crippen molar-refractivity contribution in [2.24, 2.45) is 0 Å². The number of hydrogen-bond acceptors (Lipinski definition) is 6. The van der Waals surface area contributed by atoms with Gasteiger partial charge >= 0.3 is 6.03 Å². The Balaban J connectivity index is 1.50. The van der Waals surface area contributed by atoms with Crippen LogP contribution in [0.1, 0.15) is 26.2 Å². The van der Waals surface area contributed by atoms with Crippen molar-refractivity contribution in [3.05, 3.63) is 18.4 Å². The number of nitrogens with one attached hydrogen (secondary N) is 4. The van der Waals surface area contributed by atoms with E-state index in [0.29, 0.717) is 24.2 Å². The molecule has 0 saturated carbocycles. The molecule has 2 amide bonds. The second-order valence-electron chi connectivity index (χ2n) is 6.00. The first-order valence-corrected chi connectivity index (χ1v) is 8.15. The normalized spacial score (nSPS) is 20.2. The zero-order chi connectivity index (χ0) is 16.9. The second-order valence-corrected chi connectivity index (χ2v) is 6.00. The number of nitrogens with zero attached hydrogens (tertiary/aromatic N) is 3. The molecular formula is C15H23N7O2. The molecule has 1 aliphatic rings. The molecule has 0 bridgehead atoms. The average molecular weight is 333 g/mol. The topological polar surface area (TPSA) is 111 Å². The van der Waals surface area contributed by atoms with Crippen LogP contribution in [-0.4, -0.2) is 51.8 Å². The van der Waals surface area contributed by atoms with Crippen LogP contribution < -0.4 is 16.2 Å². The number of hydrazine groups is 1. The number of H-pyrrole nitrogens is 1. The summed E-state index contributed by atoms with van der Waals surface area (Å²) in [7, 11) is 1.75. The number of aromatic amines is 1. The Labute approximate surface area is 140 Å². The predicted molar refractivity (Wildman–Crippen MR) is 89.1 cm³/mol. The van der Waals surface area contributed by atoms with Crippen molar-refractivity contribution in [2.45, 2.75) is 38.3 Å². The fourth-order valence-electron chi connectivity index (χ4n) is 2.80. The third-order valence-electron chi connectivity index (χ3n) is 4.00. The Morgan fingerprint density at radius 3 is 3.04 bits per heavy atom. The maximum atomic E-state index is 12.3. The van der Waals surface area contributed by atoms with Crippen molar-refractivity contribution in [3.63, 3.8) is 0 Å². The highest BCUT2D eigenvalue weighted by atomic mass is 16.3. The molecule has 24 heavy (non-hydrogen) atoms. The summed E-state index contributed by atoms with van der Waals surface area (Å²) in [5.74, 6) is 1.26. The van der Waals surface area contributed by atoms with Crippen molar-refractivity contribution in [1.29, 1.82) is 0 Å². The van der Waals surface area contributed by atoms with Gasteiger partial charge in [-0.2, -0.15) is 4.98 Å². The lowest BCUT2D eigenvalue weighted by molar-refractivity contribution is 0.217. The molecule has 3 rings (SSSR count). The summed E-state index contributed by atoms with van der Waals surface area (Å²) in [6, 6.07) is 3.99. The number of likely N-dealkylation sites (N-methyl/N-ethyl adjacent to an activating group) is 1. The third kappa shape index (κ3) is 3.92. The molecule has 9 nitrogen and oxygen atoms in total. The minimum atomic E-state index is -0.249. The smallest absolute Gasteiger partial charge is 0.324 e. The average Bonchev–Trinajstić information content (AvgIpc) is 3.28. The van der Waals surface area contributed by atoms with Gasteiger partial charge in [-0.3, -0.25) is 21.3 Å². The van der Waals surface area contributed by atoms with E-state index in [4.69, 9.17) is 4.42 Å². The fourth-order valence-corrected chi connectivity index (χ4v) is 2.80. The number of anilines is 1. The van der Waals surface area contributed by atoms with Crippen LogP contribution >= 0.6 is 0 Å². The van der Waals surface area contributed by atoms with E-state index >= 15 is 0 Å². The summed E-state index contributed by atoms with van der Waals surface area (Å²) in [4.78, 5) is 18.1. The Bertz CT molecular complexity index is 655. The number of carbonyl (C=O) groups excluding carboxylic acids is 1. The Kier molecular flexibility index (Phi) is 5.11. The number of hydrogen-bond donors (Lipinski definition) is 4. The zero-order valence-electron chi connectivity index (χ0n) is 13.9. The van der Waals surface area contributed by atoms with Crippen molar-refractivity contribution in [2.75, 3.05) is 18.9 Å². The van der Waals surface area contributed by atoms with Crippen LogP contribution in [0.4, 0.5) is 10.7 Å². The van der Waals surface area contributed by atoms with Crippen molar-refractivity contribution in [1.82, 2.24) is 30.9 Å². The highest BCUT2D eigenvalue weighted by Gasteiger charge is 2.25. The predicted octanol–water partition coefficient (Wildman–Crippen LogP) is 1.56. The number of carbonyl (C=O) groups is 1. The van der Waals surface area contributed by atoms with Crippen molar-refractivity contribution >= 4 is 12.0 Å². The SMILES string of the molecule is CCCC1CC(CN(C)C(=O)Nc2n[nH]c(-c3ccco3)n2)NN1. The molecule has 0 aromatic carbocycles. The first-order valence-electron chi connectivity index (χ1n) is 8.15. The van der Waals surface area contributed by atoms with Gasteiger partial charge in [-0.15, -0.1) is 5.10 Å². The van der Waals surface area contributed by atoms with Crippen LogP contribution in [0.25, 0.3) is 11.6 Å². The third-order valence-corrected chi connectivity index (χ3v) is 4.00. The van der Waals surface area contributed by atoms with E-state index in [2.05, 4.69) is 38.3 Å². The Morgan fingerprint density at radius 1 is 1.46 bits per heavy atom. The first kappa shape index (κ1) is 16.5. The molecule has 4 N–H and O–H groups in total. The van der Waals surface area contributed by atoms with Gasteiger partial charge in [-0.1, -0.05) is 13.3 Å². The number of urea groups is 1. The minimum Gasteiger partial charge on any atom is -0.461 e. The van der Waals surface area contributed by atoms with Crippen LogP contribution in [0.2, 0.25) is 0 Å². The molecule has 1 fully saturated rings. The molecule has 2 unspecified atom stereocenters. The van der Waals surface area contributed by atoms with E-state index in [9.17, 15) is 4.79 Å². The summed E-state index contributed by atoms with van der Waals surface area (Å²) in [6.07, 6.45) is 4.84. The van der Waals surface area contributed by atoms with Crippen LogP contribution in [0.5, 0.6) is 0 Å². The molecule has 1 saturated heterocycles. The van der Waals surface area contributed by atoms with E-state index in [1.807, 2.05) is 0 Å². The van der Waals surface area contributed by atoms with Gasteiger partial charge in [0.2, 0.25) is 0 Å². The molecule has 3 heterocycles. The van der Waals surface area contributed by atoms with E-state index < -0.39 is 0 Å². The van der Waals surface area contributed by atoms with Crippen LogP contribution in [0.15, 0.2) is 22.8 Å². The molecule has 0 radical (unpaired) electrons. The maximum Gasteiger partial charge on any atom is 0.324 e. The molecule has 0 spiro atoms. The van der Waals surface area contributed by atoms with Gasteiger partial charge in [0, 0.05) is 25.7 Å². The fraction of sp³-hybridized carbons (Fsp3) is 0.533. The number of aromatic nitrogens is 3. The minimum absolute atomic E-state index is 0.222. The zero-order valence-corrected chi connectivity index (χ0v) is 13.9. The highest BCUT2D eigenvalue weighted by Crippen LogP contribution is 2.16. The summed E-state index contributed by atoms with van der Waals surface area (Å²) < 4.78 is 5.23. The van der Waals surface area contributed by atoms with Gasteiger partial charge in [0.15, 0.2) is 11.6 Å². The van der Waals surface area contributed by atoms with Crippen LogP contribution in [-0.2, 0) is 0 Å². The van der Waals surface area contributed by atoms with Crippen molar-refractivity contribution < 1.29 is 9.21 Å². The first-order chi connectivity index (χ1) is 11.7. The van der Waals surface area contributed by atoms with E-state index in [0.717, 1.165) is 19.3 Å². The molecule has 9 heteroatoms. The summed E-state index contributed by atoms with van der Waals surface area (Å²) in [6.45, 7) is 2.77. The van der Waals surface area contributed by atoms with Crippen molar-refractivity contribution in [3.8, 4) is 11.6 Å². The summed E-state index contributed by atoms with van der Waals surface area (Å²) >= 11 is 0. The van der Waals surface area contributed by atoms with Gasteiger partial charge in [0.25, 0.3) is 5.95 Å². The lowest BCUT2D eigenvalue weighted by atomic mass is 10.1. The molecule has 0 aliphatic carbocycles. The molecule has 2 aromatic heterocycles. The molecule has 2 atom stereocenters. The second kappa shape index (κ2) is 7.45. The van der Waals surface area contributed by atoms with E-state index in [1.54, 1.807) is 30.3 Å². The lowest BCUT2D eigenvalue weighted by Crippen LogP contribution is -2.43. The van der Waals surface area contributed by atoms with Crippen LogP contribution in [0.3, 0.4) is 0 Å². The quantitative estimate of drug-likeness (QED) is 0.638. The lowest BCUT2D eigenvalue weighted by Gasteiger charge is -2.20. The number of furan rings is 1. The highest BCUT2D eigenvalue weighted by molar-refractivity contribution is 5.87.